The minimum absolute atomic E-state index is 0.00597. The number of aryl methyl sites for hydroxylation is 2. The molecule has 148 valence electrons. The summed E-state index contributed by atoms with van der Waals surface area (Å²) < 4.78 is 1.72. The van der Waals surface area contributed by atoms with Gasteiger partial charge in [0.15, 0.2) is 11.6 Å². The SMILES string of the molecule is Cc1ccccc1[C@H]1CC(=O)Nc2c1c(C)nn2-c1ccc(N2CCCC2)nn1. The van der Waals surface area contributed by atoms with Gasteiger partial charge in [0.25, 0.3) is 0 Å². The van der Waals surface area contributed by atoms with Gasteiger partial charge in [-0.15, -0.1) is 10.2 Å². The van der Waals surface area contributed by atoms with Crippen molar-refractivity contribution in [1.29, 1.82) is 0 Å². The van der Waals surface area contributed by atoms with E-state index in [1.54, 1.807) is 4.68 Å². The number of hydrogen-bond acceptors (Lipinski definition) is 5. The Labute approximate surface area is 169 Å². The molecule has 1 fully saturated rings. The lowest BCUT2D eigenvalue weighted by atomic mass is 9.84. The fraction of sp³-hybridized carbons (Fsp3) is 0.364. The zero-order chi connectivity index (χ0) is 20.0. The maximum absolute atomic E-state index is 12.5. The van der Waals surface area contributed by atoms with E-state index in [0.29, 0.717) is 18.1 Å². The van der Waals surface area contributed by atoms with E-state index in [1.165, 1.54) is 24.0 Å². The molecule has 0 aliphatic carbocycles. The first-order chi connectivity index (χ1) is 14.1. The van der Waals surface area contributed by atoms with Crippen LogP contribution in [-0.4, -0.2) is 39.0 Å². The van der Waals surface area contributed by atoms with Crippen LogP contribution in [-0.2, 0) is 4.79 Å². The fourth-order valence-electron chi connectivity index (χ4n) is 4.50. The smallest absolute Gasteiger partial charge is 0.226 e. The van der Waals surface area contributed by atoms with Gasteiger partial charge in [-0.1, -0.05) is 24.3 Å². The summed E-state index contributed by atoms with van der Waals surface area (Å²) in [6.45, 7) is 6.13. The Morgan fingerprint density at radius 2 is 1.72 bits per heavy atom. The molecule has 3 aromatic rings. The van der Waals surface area contributed by atoms with Crippen LogP contribution in [0.15, 0.2) is 36.4 Å². The van der Waals surface area contributed by atoms with Crippen LogP contribution in [0, 0.1) is 13.8 Å². The van der Waals surface area contributed by atoms with Crippen molar-refractivity contribution < 1.29 is 4.79 Å². The first-order valence-electron chi connectivity index (χ1n) is 10.2. The molecule has 0 spiro atoms. The summed E-state index contributed by atoms with van der Waals surface area (Å²) in [5.74, 6) is 2.20. The Balaban J connectivity index is 1.56. The number of carbonyl (C=O) groups excluding carboxylic acids is 1. The van der Waals surface area contributed by atoms with Crippen molar-refractivity contribution in [1.82, 2.24) is 20.0 Å². The number of fused-ring (bicyclic) bond motifs is 1. The standard InChI is InChI=1S/C22H24N6O/c1-14-7-3-4-8-16(14)17-13-20(29)23-22-21(17)15(2)26-28(22)19-10-9-18(24-25-19)27-11-5-6-12-27/h3-4,7-10,17H,5-6,11-13H2,1-2H3,(H,23,29)/t17-/m1/s1. The molecule has 1 saturated heterocycles. The van der Waals surface area contributed by atoms with Crippen molar-refractivity contribution in [2.24, 2.45) is 0 Å². The first kappa shape index (κ1) is 17.8. The van der Waals surface area contributed by atoms with Crippen LogP contribution in [0.4, 0.5) is 11.6 Å². The van der Waals surface area contributed by atoms with Crippen LogP contribution in [0.5, 0.6) is 0 Å². The van der Waals surface area contributed by atoms with Crippen LogP contribution in [0.1, 0.15) is 47.6 Å². The minimum atomic E-state index is -0.00877. The molecule has 1 N–H and O–H groups in total. The Kier molecular flexibility index (Phi) is 4.30. The number of benzene rings is 1. The summed E-state index contributed by atoms with van der Waals surface area (Å²) in [5.41, 5.74) is 4.31. The van der Waals surface area contributed by atoms with Crippen molar-refractivity contribution in [2.75, 3.05) is 23.3 Å². The molecule has 0 radical (unpaired) electrons. The van der Waals surface area contributed by atoms with E-state index in [2.05, 4.69) is 39.5 Å². The molecule has 0 unspecified atom stereocenters. The summed E-state index contributed by atoms with van der Waals surface area (Å²) in [5, 5.41) is 16.6. The van der Waals surface area contributed by atoms with Gasteiger partial charge in [-0.2, -0.15) is 9.78 Å². The maximum Gasteiger partial charge on any atom is 0.226 e. The molecule has 7 nitrogen and oxygen atoms in total. The molecule has 7 heteroatoms. The second-order valence-corrected chi connectivity index (χ2v) is 7.86. The summed E-state index contributed by atoms with van der Waals surface area (Å²) in [4.78, 5) is 14.8. The molecule has 4 heterocycles. The number of amides is 1. The third-order valence-electron chi connectivity index (χ3n) is 5.95. The van der Waals surface area contributed by atoms with Gasteiger partial charge in [0.1, 0.15) is 5.82 Å². The largest absolute Gasteiger partial charge is 0.355 e. The van der Waals surface area contributed by atoms with Gasteiger partial charge < -0.3 is 10.2 Å². The van der Waals surface area contributed by atoms with Crippen molar-refractivity contribution >= 4 is 17.5 Å². The predicted octanol–water partition coefficient (Wildman–Crippen LogP) is 3.35. The lowest BCUT2D eigenvalue weighted by Crippen LogP contribution is -2.25. The number of nitrogens with zero attached hydrogens (tertiary/aromatic N) is 5. The van der Waals surface area contributed by atoms with Crippen molar-refractivity contribution in [3.63, 3.8) is 0 Å². The highest BCUT2D eigenvalue weighted by Gasteiger charge is 2.33. The Morgan fingerprint density at radius 3 is 2.45 bits per heavy atom. The third kappa shape index (κ3) is 3.06. The molecular formula is C22H24N6O. The quantitative estimate of drug-likeness (QED) is 0.745. The van der Waals surface area contributed by atoms with Gasteiger partial charge in [-0.05, 0) is 49.9 Å². The minimum Gasteiger partial charge on any atom is -0.355 e. The molecule has 2 aliphatic heterocycles. The Morgan fingerprint density at radius 1 is 1.00 bits per heavy atom. The highest BCUT2D eigenvalue weighted by Crippen LogP contribution is 2.40. The molecule has 5 rings (SSSR count). The predicted molar refractivity (Wildman–Crippen MR) is 112 cm³/mol. The number of nitrogens with one attached hydrogen (secondary N) is 1. The van der Waals surface area contributed by atoms with Crippen LogP contribution in [0.3, 0.4) is 0 Å². The van der Waals surface area contributed by atoms with E-state index in [0.717, 1.165) is 30.2 Å². The molecule has 29 heavy (non-hydrogen) atoms. The maximum atomic E-state index is 12.5. The van der Waals surface area contributed by atoms with E-state index in [-0.39, 0.29) is 11.8 Å². The van der Waals surface area contributed by atoms with E-state index < -0.39 is 0 Å². The van der Waals surface area contributed by atoms with Gasteiger partial charge in [0.2, 0.25) is 5.91 Å². The molecule has 2 aliphatic rings. The third-order valence-corrected chi connectivity index (χ3v) is 5.95. The summed E-state index contributed by atoms with van der Waals surface area (Å²) in [6, 6.07) is 12.2. The number of rotatable bonds is 3. The summed E-state index contributed by atoms with van der Waals surface area (Å²) in [7, 11) is 0. The zero-order valence-corrected chi connectivity index (χ0v) is 16.7. The molecule has 1 atom stereocenters. The molecule has 1 amide bonds. The van der Waals surface area contributed by atoms with Gasteiger partial charge in [0, 0.05) is 31.0 Å². The second-order valence-electron chi connectivity index (χ2n) is 7.86. The van der Waals surface area contributed by atoms with Gasteiger partial charge in [-0.25, -0.2) is 0 Å². The topological polar surface area (TPSA) is 75.9 Å². The van der Waals surface area contributed by atoms with E-state index in [1.807, 2.05) is 31.2 Å². The lowest BCUT2D eigenvalue weighted by molar-refractivity contribution is -0.116. The highest BCUT2D eigenvalue weighted by molar-refractivity contribution is 5.95. The molecular weight excluding hydrogens is 364 g/mol. The van der Waals surface area contributed by atoms with Crippen molar-refractivity contribution in [2.45, 2.75) is 39.0 Å². The van der Waals surface area contributed by atoms with Crippen molar-refractivity contribution in [3.05, 3.63) is 58.8 Å². The molecule has 0 bridgehead atoms. The lowest BCUT2D eigenvalue weighted by Gasteiger charge is -2.25. The molecule has 2 aromatic heterocycles. The monoisotopic (exact) mass is 388 g/mol. The second kappa shape index (κ2) is 6.99. The van der Waals surface area contributed by atoms with Crippen LogP contribution >= 0.6 is 0 Å². The molecule has 0 saturated carbocycles. The van der Waals surface area contributed by atoms with Gasteiger partial charge in [0.05, 0.1) is 5.69 Å². The number of carbonyl (C=O) groups is 1. The molecule has 1 aromatic carbocycles. The normalized spacial score (nSPS) is 18.6. The highest BCUT2D eigenvalue weighted by atomic mass is 16.1. The average molecular weight is 388 g/mol. The summed E-state index contributed by atoms with van der Waals surface area (Å²) >= 11 is 0. The summed E-state index contributed by atoms with van der Waals surface area (Å²) in [6.07, 6.45) is 2.81. The number of aromatic nitrogens is 4. The fourth-order valence-corrected chi connectivity index (χ4v) is 4.50. The Hall–Kier alpha value is -3.22. The first-order valence-corrected chi connectivity index (χ1v) is 10.2. The van der Waals surface area contributed by atoms with E-state index in [4.69, 9.17) is 5.10 Å². The van der Waals surface area contributed by atoms with Crippen LogP contribution in [0.25, 0.3) is 5.82 Å². The number of anilines is 2. The average Bonchev–Trinajstić information content (AvgIpc) is 3.37. The van der Waals surface area contributed by atoms with Gasteiger partial charge >= 0.3 is 0 Å². The van der Waals surface area contributed by atoms with Crippen LogP contribution in [0.2, 0.25) is 0 Å². The van der Waals surface area contributed by atoms with Crippen LogP contribution < -0.4 is 10.2 Å². The zero-order valence-electron chi connectivity index (χ0n) is 16.7. The van der Waals surface area contributed by atoms with Crippen molar-refractivity contribution in [3.8, 4) is 5.82 Å². The van der Waals surface area contributed by atoms with E-state index >= 15 is 0 Å². The van der Waals surface area contributed by atoms with E-state index in [9.17, 15) is 4.79 Å². The Bertz CT molecular complexity index is 1070. The van der Waals surface area contributed by atoms with Gasteiger partial charge in [-0.3, -0.25) is 4.79 Å². The number of hydrogen-bond donors (Lipinski definition) is 1.